The molecule has 4 N–H and O–H groups in total. The van der Waals surface area contributed by atoms with Crippen LogP contribution in [-0.4, -0.2) is 15.2 Å². The van der Waals surface area contributed by atoms with Crippen molar-refractivity contribution >= 4 is 11.3 Å². The molecule has 3 aromatic rings. The lowest BCUT2D eigenvalue weighted by molar-refractivity contribution is 0.173. The van der Waals surface area contributed by atoms with E-state index in [4.69, 9.17) is 5.73 Å². The van der Waals surface area contributed by atoms with Crippen molar-refractivity contribution in [1.82, 2.24) is 4.98 Å². The summed E-state index contributed by atoms with van der Waals surface area (Å²) in [5.41, 5.74) is 8.79. The summed E-state index contributed by atoms with van der Waals surface area (Å²) in [5, 5.41) is 21.8. The van der Waals surface area contributed by atoms with E-state index in [1.807, 2.05) is 24.3 Å². The van der Waals surface area contributed by atoms with Gasteiger partial charge >= 0.3 is 0 Å². The van der Waals surface area contributed by atoms with Crippen molar-refractivity contribution < 1.29 is 14.6 Å². The number of rotatable bonds is 2. The third-order valence-corrected chi connectivity index (χ3v) is 5.44. The monoisotopic (exact) mass is 342 g/mol. The van der Waals surface area contributed by atoms with Crippen LogP contribution in [0.2, 0.25) is 0 Å². The van der Waals surface area contributed by atoms with Crippen LogP contribution in [0.4, 0.5) is 4.39 Å². The molecule has 2 aromatic carbocycles. The Balaban J connectivity index is 1.80. The first kappa shape index (κ1) is 15.4. The number of thiazole rings is 1. The van der Waals surface area contributed by atoms with Crippen LogP contribution < -0.4 is 5.73 Å². The van der Waals surface area contributed by atoms with Crippen LogP contribution in [0, 0.1) is 5.82 Å². The van der Waals surface area contributed by atoms with E-state index in [2.05, 4.69) is 4.98 Å². The van der Waals surface area contributed by atoms with Gasteiger partial charge in [0, 0.05) is 12.1 Å². The maximum Gasteiger partial charge on any atom is 0.124 e. The summed E-state index contributed by atoms with van der Waals surface area (Å²) in [5.74, 6) is -0.448. The third kappa shape index (κ3) is 2.35. The minimum atomic E-state index is -1.04. The number of benzene rings is 2. The molecule has 0 fully saturated rings. The third-order valence-electron chi connectivity index (χ3n) is 4.26. The Kier molecular flexibility index (Phi) is 3.69. The summed E-state index contributed by atoms with van der Waals surface area (Å²) in [7, 11) is 0. The minimum Gasteiger partial charge on any atom is -0.383 e. The van der Waals surface area contributed by atoms with Crippen LogP contribution in [0.1, 0.15) is 39.5 Å². The van der Waals surface area contributed by atoms with Gasteiger partial charge in [-0.1, -0.05) is 30.3 Å². The Bertz CT molecular complexity index is 908. The second-order valence-corrected chi connectivity index (χ2v) is 6.78. The first-order chi connectivity index (χ1) is 11.6. The lowest BCUT2D eigenvalue weighted by Gasteiger charge is -2.24. The Hall–Kier alpha value is -2.12. The number of nitrogens with two attached hydrogens (primary N) is 1. The van der Waals surface area contributed by atoms with Gasteiger partial charge in [0.1, 0.15) is 23.0 Å². The smallest absolute Gasteiger partial charge is 0.124 e. The van der Waals surface area contributed by atoms with Gasteiger partial charge in [-0.3, -0.25) is 0 Å². The van der Waals surface area contributed by atoms with Gasteiger partial charge in [0.25, 0.3) is 0 Å². The molecular formula is C18H15FN2O2S. The predicted octanol–water partition coefficient (Wildman–Crippen LogP) is 2.88. The molecule has 0 saturated carbocycles. The number of nitrogens with zero attached hydrogens (tertiary/aromatic N) is 1. The highest BCUT2D eigenvalue weighted by molar-refractivity contribution is 7.15. The topological polar surface area (TPSA) is 79.4 Å². The lowest BCUT2D eigenvalue weighted by Crippen LogP contribution is -2.16. The van der Waals surface area contributed by atoms with E-state index in [0.29, 0.717) is 33.3 Å². The summed E-state index contributed by atoms with van der Waals surface area (Å²) in [4.78, 5) is 5.09. The number of aliphatic hydroxyl groups is 2. The first-order valence-corrected chi connectivity index (χ1v) is 8.35. The molecule has 24 heavy (non-hydrogen) atoms. The molecule has 0 radical (unpaired) electrons. The number of fused-ring (bicyclic) bond motifs is 2. The van der Waals surface area contributed by atoms with Crippen LogP contribution in [0.3, 0.4) is 0 Å². The molecule has 4 rings (SSSR count). The number of halogens is 1. The molecule has 2 atom stereocenters. The van der Waals surface area contributed by atoms with Crippen LogP contribution in [0.15, 0.2) is 42.5 Å². The van der Waals surface area contributed by atoms with Gasteiger partial charge < -0.3 is 15.9 Å². The SMILES string of the molecule is NCc1ccc(-c2nc3c(s2)C(O)c2ccc(F)cc2C3O)cc1. The summed E-state index contributed by atoms with van der Waals surface area (Å²) in [6, 6.07) is 11.7. The Labute approximate surface area is 142 Å². The number of aromatic nitrogens is 1. The fourth-order valence-electron chi connectivity index (χ4n) is 2.96. The van der Waals surface area contributed by atoms with E-state index in [9.17, 15) is 14.6 Å². The van der Waals surface area contributed by atoms with Gasteiger partial charge in [-0.25, -0.2) is 9.37 Å². The van der Waals surface area contributed by atoms with Gasteiger partial charge in [-0.15, -0.1) is 11.3 Å². The average molecular weight is 342 g/mol. The molecule has 122 valence electrons. The van der Waals surface area contributed by atoms with Crippen molar-refractivity contribution in [2.75, 3.05) is 0 Å². The van der Waals surface area contributed by atoms with Crippen molar-refractivity contribution in [2.24, 2.45) is 5.73 Å². The number of aliphatic hydroxyl groups excluding tert-OH is 2. The minimum absolute atomic E-state index is 0.366. The average Bonchev–Trinajstić information content (AvgIpc) is 3.05. The van der Waals surface area contributed by atoms with Crippen molar-refractivity contribution in [3.8, 4) is 10.6 Å². The highest BCUT2D eigenvalue weighted by atomic mass is 32.1. The van der Waals surface area contributed by atoms with Crippen molar-refractivity contribution in [3.05, 3.63) is 75.5 Å². The highest BCUT2D eigenvalue weighted by Gasteiger charge is 2.34. The van der Waals surface area contributed by atoms with Crippen molar-refractivity contribution in [1.29, 1.82) is 0 Å². The van der Waals surface area contributed by atoms with Crippen molar-refractivity contribution in [3.63, 3.8) is 0 Å². The summed E-state index contributed by atoms with van der Waals surface area (Å²) >= 11 is 1.34. The molecule has 4 nitrogen and oxygen atoms in total. The molecule has 1 heterocycles. The first-order valence-electron chi connectivity index (χ1n) is 7.54. The summed E-state index contributed by atoms with van der Waals surface area (Å²) < 4.78 is 13.5. The summed E-state index contributed by atoms with van der Waals surface area (Å²) in [6.07, 6.45) is -1.95. The van der Waals surface area contributed by atoms with E-state index in [1.165, 1.54) is 29.5 Å². The normalized spacial score (nSPS) is 19.0. The molecule has 2 unspecified atom stereocenters. The zero-order valence-electron chi connectivity index (χ0n) is 12.6. The second-order valence-electron chi connectivity index (χ2n) is 5.75. The van der Waals surface area contributed by atoms with E-state index in [0.717, 1.165) is 11.1 Å². The van der Waals surface area contributed by atoms with Crippen LogP contribution in [0.5, 0.6) is 0 Å². The Morgan fingerprint density at radius 2 is 1.79 bits per heavy atom. The van der Waals surface area contributed by atoms with Gasteiger partial charge in [0.2, 0.25) is 0 Å². The van der Waals surface area contributed by atoms with Gasteiger partial charge in [0.15, 0.2) is 0 Å². The Morgan fingerprint density at radius 1 is 1.04 bits per heavy atom. The van der Waals surface area contributed by atoms with Crippen LogP contribution >= 0.6 is 11.3 Å². The highest BCUT2D eigenvalue weighted by Crippen LogP contribution is 2.45. The van der Waals surface area contributed by atoms with E-state index in [-0.39, 0.29) is 0 Å². The van der Waals surface area contributed by atoms with Gasteiger partial charge in [-0.05, 0) is 28.8 Å². The maximum atomic E-state index is 13.5. The zero-order valence-corrected chi connectivity index (χ0v) is 13.4. The molecule has 0 amide bonds. The zero-order chi connectivity index (χ0) is 16.8. The van der Waals surface area contributed by atoms with Crippen LogP contribution in [-0.2, 0) is 6.54 Å². The quantitative estimate of drug-likeness (QED) is 0.669. The largest absolute Gasteiger partial charge is 0.383 e. The Morgan fingerprint density at radius 3 is 2.50 bits per heavy atom. The molecule has 1 aromatic heterocycles. The van der Waals surface area contributed by atoms with E-state index in [1.54, 1.807) is 0 Å². The summed E-state index contributed by atoms with van der Waals surface area (Å²) in [6.45, 7) is 0.465. The maximum absolute atomic E-state index is 13.5. The molecule has 0 saturated heterocycles. The fourth-order valence-corrected chi connectivity index (χ4v) is 4.07. The van der Waals surface area contributed by atoms with E-state index < -0.39 is 18.0 Å². The van der Waals surface area contributed by atoms with Crippen LogP contribution in [0.25, 0.3) is 10.6 Å². The molecule has 1 aliphatic carbocycles. The second kappa shape index (κ2) is 5.75. The molecule has 6 heteroatoms. The van der Waals surface area contributed by atoms with Gasteiger partial charge in [0.05, 0.1) is 10.6 Å². The number of hydrogen-bond acceptors (Lipinski definition) is 5. The molecule has 0 bridgehead atoms. The standard InChI is InChI=1S/C18H15FN2O2S/c19-11-5-6-12-13(7-11)15(22)14-17(16(12)23)24-18(21-14)10-3-1-9(8-20)2-4-10/h1-7,15-16,22-23H,8,20H2. The number of hydrogen-bond donors (Lipinski definition) is 3. The molecular weight excluding hydrogens is 327 g/mol. The van der Waals surface area contributed by atoms with Gasteiger partial charge in [-0.2, -0.15) is 0 Å². The molecule has 1 aliphatic rings. The molecule has 0 spiro atoms. The van der Waals surface area contributed by atoms with Crippen molar-refractivity contribution in [2.45, 2.75) is 18.8 Å². The lowest BCUT2D eigenvalue weighted by atomic mass is 9.89. The van der Waals surface area contributed by atoms with E-state index >= 15 is 0 Å². The predicted molar refractivity (Wildman–Crippen MR) is 90.0 cm³/mol. The fraction of sp³-hybridized carbons (Fsp3) is 0.167. The molecule has 0 aliphatic heterocycles.